The van der Waals surface area contributed by atoms with Crippen molar-refractivity contribution in [3.8, 4) is 11.5 Å². The highest BCUT2D eigenvalue weighted by Gasteiger charge is 2.39. The van der Waals surface area contributed by atoms with Crippen LogP contribution in [0.15, 0.2) is 42.5 Å². The standard InChI is InChI=1S/C34H46F3N3O5.C2HF3O2/c1-23(2)40(33(42)25-10-15-30(44-4)31(20-25)45-19-7-18-43-3)28-12-11-26(38-22-28)16-17-39(27-13-14-27)32(41)21-24-8-5-6-9-29(24)34(35,36)37;3-2(4,5)1(6)7/h5-6,8-10,15,20,23,26-28,38H,7,11-14,16-19,21-22H2,1-4H3;(H,6,7)/t26-,28-;/m1./s1. The number of hydrogen-bond acceptors (Lipinski definition) is 7. The topological polar surface area (TPSA) is 118 Å². The van der Waals surface area contributed by atoms with Crippen molar-refractivity contribution in [2.24, 2.45) is 0 Å². The number of alkyl halides is 6. The first kappa shape index (κ1) is 42.4. The van der Waals surface area contributed by atoms with E-state index in [1.165, 1.54) is 12.1 Å². The first-order valence-corrected chi connectivity index (χ1v) is 17.1. The zero-order chi connectivity index (χ0) is 38.6. The summed E-state index contributed by atoms with van der Waals surface area (Å²) in [6.45, 7) is 6.13. The van der Waals surface area contributed by atoms with E-state index in [1.54, 1.807) is 43.4 Å². The zero-order valence-electron chi connectivity index (χ0n) is 29.7. The van der Waals surface area contributed by atoms with Crippen molar-refractivity contribution in [3.05, 3.63) is 59.2 Å². The maximum absolute atomic E-state index is 13.8. The van der Waals surface area contributed by atoms with Gasteiger partial charge in [-0.3, -0.25) is 9.59 Å². The Labute approximate surface area is 299 Å². The maximum atomic E-state index is 13.8. The lowest BCUT2D eigenvalue weighted by molar-refractivity contribution is -0.192. The van der Waals surface area contributed by atoms with Crippen LogP contribution >= 0.6 is 0 Å². The van der Waals surface area contributed by atoms with Gasteiger partial charge in [0.05, 0.1) is 25.7 Å². The van der Waals surface area contributed by atoms with Crippen molar-refractivity contribution in [2.45, 2.75) is 95.3 Å². The van der Waals surface area contributed by atoms with E-state index >= 15 is 0 Å². The Morgan fingerprint density at radius 2 is 1.58 bits per heavy atom. The third-order valence-electron chi connectivity index (χ3n) is 8.77. The van der Waals surface area contributed by atoms with E-state index in [0.717, 1.165) is 31.7 Å². The Hall–Kier alpha value is -4.05. The Bertz CT molecular complexity index is 1480. The number of hydrogen-bond donors (Lipinski definition) is 2. The number of nitrogens with zero attached hydrogens (tertiary/aromatic N) is 2. The van der Waals surface area contributed by atoms with Crippen LogP contribution in [0.5, 0.6) is 11.5 Å². The van der Waals surface area contributed by atoms with Gasteiger partial charge in [0.25, 0.3) is 5.91 Å². The summed E-state index contributed by atoms with van der Waals surface area (Å²) in [4.78, 5) is 39.5. The molecule has 10 nitrogen and oxygen atoms in total. The second-order valence-electron chi connectivity index (χ2n) is 12.9. The average molecular weight is 748 g/mol. The highest BCUT2D eigenvalue weighted by Crippen LogP contribution is 2.34. The molecule has 2 aliphatic rings. The molecule has 1 saturated heterocycles. The van der Waals surface area contributed by atoms with Gasteiger partial charge in [-0.2, -0.15) is 26.3 Å². The number of nitrogens with one attached hydrogen (secondary N) is 1. The molecule has 2 aromatic rings. The van der Waals surface area contributed by atoms with E-state index in [9.17, 15) is 35.9 Å². The quantitative estimate of drug-likeness (QED) is 0.160. The minimum absolute atomic E-state index is 0.0121. The number of halogens is 6. The van der Waals surface area contributed by atoms with Crippen LogP contribution in [0.1, 0.15) is 73.9 Å². The zero-order valence-corrected chi connectivity index (χ0v) is 29.7. The number of piperidine rings is 1. The lowest BCUT2D eigenvalue weighted by Crippen LogP contribution is -2.54. The molecule has 2 fully saturated rings. The van der Waals surface area contributed by atoms with Crippen LogP contribution in [0.25, 0.3) is 0 Å². The van der Waals surface area contributed by atoms with Crippen LogP contribution in [-0.2, 0) is 26.9 Å². The summed E-state index contributed by atoms with van der Waals surface area (Å²) in [5, 5.41) is 10.7. The summed E-state index contributed by atoms with van der Waals surface area (Å²) in [5.74, 6) is -2.02. The van der Waals surface area contributed by atoms with Gasteiger partial charge in [-0.1, -0.05) is 18.2 Å². The van der Waals surface area contributed by atoms with E-state index in [2.05, 4.69) is 5.32 Å². The van der Waals surface area contributed by atoms with Crippen molar-refractivity contribution in [3.63, 3.8) is 0 Å². The number of carbonyl (C=O) groups is 3. The molecule has 0 unspecified atom stereocenters. The molecule has 290 valence electrons. The van der Waals surface area contributed by atoms with Gasteiger partial charge < -0.3 is 34.4 Å². The molecule has 0 bridgehead atoms. The highest BCUT2D eigenvalue weighted by atomic mass is 19.4. The van der Waals surface area contributed by atoms with Gasteiger partial charge >= 0.3 is 18.3 Å². The molecule has 2 amide bonds. The second-order valence-corrected chi connectivity index (χ2v) is 12.9. The van der Waals surface area contributed by atoms with E-state index in [4.69, 9.17) is 24.1 Å². The van der Waals surface area contributed by atoms with E-state index in [1.807, 2.05) is 18.7 Å². The van der Waals surface area contributed by atoms with E-state index in [-0.39, 0.29) is 48.0 Å². The molecule has 16 heteroatoms. The predicted molar refractivity (Wildman–Crippen MR) is 179 cm³/mol. The number of amides is 2. The normalized spacial score (nSPS) is 17.5. The van der Waals surface area contributed by atoms with Crippen LogP contribution in [0, 0.1) is 0 Å². The largest absolute Gasteiger partial charge is 0.493 e. The number of benzene rings is 2. The monoisotopic (exact) mass is 747 g/mol. The maximum Gasteiger partial charge on any atom is 0.490 e. The van der Waals surface area contributed by atoms with Gasteiger partial charge in [-0.15, -0.1) is 0 Å². The highest BCUT2D eigenvalue weighted by molar-refractivity contribution is 5.95. The fourth-order valence-electron chi connectivity index (χ4n) is 6.07. The summed E-state index contributed by atoms with van der Waals surface area (Å²) < 4.78 is 88.6. The minimum atomic E-state index is -5.08. The smallest absolute Gasteiger partial charge is 0.490 e. The fraction of sp³-hybridized carbons (Fsp3) is 0.583. The molecule has 4 rings (SSSR count). The van der Waals surface area contributed by atoms with Gasteiger partial charge in [-0.25, -0.2) is 4.79 Å². The molecule has 1 aliphatic heterocycles. The fourth-order valence-corrected chi connectivity index (χ4v) is 6.07. The number of carboxylic acids is 1. The third kappa shape index (κ3) is 12.6. The number of ether oxygens (including phenoxy) is 3. The molecule has 0 aromatic heterocycles. The molecule has 52 heavy (non-hydrogen) atoms. The van der Waals surface area contributed by atoms with E-state index < -0.39 is 23.9 Å². The van der Waals surface area contributed by atoms with E-state index in [0.29, 0.717) is 56.2 Å². The molecule has 2 N–H and O–H groups in total. The van der Waals surface area contributed by atoms with Crippen molar-refractivity contribution < 1.29 is 60.0 Å². The Morgan fingerprint density at radius 3 is 2.12 bits per heavy atom. The number of carbonyl (C=O) groups excluding carboxylic acids is 2. The van der Waals surface area contributed by atoms with Gasteiger partial charge in [0.15, 0.2) is 11.5 Å². The van der Waals surface area contributed by atoms with Crippen molar-refractivity contribution in [2.75, 3.05) is 40.5 Å². The average Bonchev–Trinajstić information content (AvgIpc) is 3.92. The number of rotatable bonds is 15. The minimum Gasteiger partial charge on any atom is -0.493 e. The predicted octanol–water partition coefficient (Wildman–Crippen LogP) is 6.36. The molecule has 1 heterocycles. The number of methoxy groups -OCH3 is 2. The van der Waals surface area contributed by atoms with Crippen LogP contribution in [0.2, 0.25) is 0 Å². The van der Waals surface area contributed by atoms with Crippen molar-refractivity contribution in [1.29, 1.82) is 0 Å². The molecular formula is C36H47F6N3O7. The number of carboxylic acid groups (broad SMARTS) is 1. The SMILES string of the molecule is COCCCOc1cc(C(=O)N(C(C)C)[C@@H]2CC[C@H](CCN(C(=O)Cc3ccccc3C(F)(F)F)C3CC3)NC2)ccc1OC.O=C(O)C(F)(F)F. The summed E-state index contributed by atoms with van der Waals surface area (Å²) in [6, 6.07) is 10.8. The van der Waals surface area contributed by atoms with Crippen LogP contribution in [-0.4, -0.2) is 104 Å². The molecule has 2 atom stereocenters. The lowest BCUT2D eigenvalue weighted by Gasteiger charge is -2.40. The summed E-state index contributed by atoms with van der Waals surface area (Å²) >= 11 is 0. The number of aliphatic carboxylic acids is 1. The Kier molecular flexibility index (Phi) is 15.6. The van der Waals surface area contributed by atoms with Crippen LogP contribution < -0.4 is 14.8 Å². The Morgan fingerprint density at radius 1 is 0.923 bits per heavy atom. The lowest BCUT2D eigenvalue weighted by atomic mass is 9.95. The van der Waals surface area contributed by atoms with Gasteiger partial charge in [0.1, 0.15) is 0 Å². The van der Waals surface area contributed by atoms with Gasteiger partial charge in [0.2, 0.25) is 5.91 Å². The second kappa shape index (κ2) is 19.1. The molecule has 2 aromatic carbocycles. The summed E-state index contributed by atoms with van der Waals surface area (Å²) in [7, 11) is 3.20. The molecule has 1 saturated carbocycles. The third-order valence-corrected chi connectivity index (χ3v) is 8.77. The van der Waals surface area contributed by atoms with Crippen LogP contribution in [0.3, 0.4) is 0 Å². The van der Waals surface area contributed by atoms with Gasteiger partial charge in [0, 0.05) is 63.0 Å². The van der Waals surface area contributed by atoms with Crippen molar-refractivity contribution >= 4 is 17.8 Å². The molecule has 0 radical (unpaired) electrons. The molecule has 0 spiro atoms. The van der Waals surface area contributed by atoms with Gasteiger partial charge in [-0.05, 0) is 75.8 Å². The summed E-state index contributed by atoms with van der Waals surface area (Å²) in [5.41, 5.74) is -0.211. The molecule has 1 aliphatic carbocycles. The van der Waals surface area contributed by atoms with Crippen LogP contribution in [0.4, 0.5) is 26.3 Å². The first-order valence-electron chi connectivity index (χ1n) is 17.1. The summed E-state index contributed by atoms with van der Waals surface area (Å²) in [6.07, 6.45) is -5.05. The van der Waals surface area contributed by atoms with Crippen molar-refractivity contribution in [1.82, 2.24) is 15.1 Å². The molecular weight excluding hydrogens is 700 g/mol. The Balaban J connectivity index is 0.000000944. The first-order chi connectivity index (χ1) is 24.5.